The average molecular weight is 205 g/mol. The number of anilines is 1. The highest BCUT2D eigenvalue weighted by Crippen LogP contribution is 2.25. The van der Waals surface area contributed by atoms with Crippen molar-refractivity contribution in [1.82, 2.24) is 10.3 Å². The summed E-state index contributed by atoms with van der Waals surface area (Å²) < 4.78 is 0. The van der Waals surface area contributed by atoms with E-state index in [0.29, 0.717) is 12.1 Å². The minimum atomic E-state index is 0.113. The van der Waals surface area contributed by atoms with Crippen LogP contribution in [0.3, 0.4) is 0 Å². The molecular weight excluding hydrogens is 190 g/mol. The van der Waals surface area contributed by atoms with Gasteiger partial charge in [0.1, 0.15) is 0 Å². The molecule has 1 aliphatic heterocycles. The van der Waals surface area contributed by atoms with Crippen molar-refractivity contribution >= 4 is 11.6 Å². The molecule has 0 aliphatic carbocycles. The molecule has 0 aromatic carbocycles. The SMILES string of the molecule is Cc1nc([C@H]2CCNC(=O)C2)ccc1N. The molecule has 2 heterocycles. The zero-order valence-corrected chi connectivity index (χ0v) is 8.79. The second kappa shape index (κ2) is 3.88. The summed E-state index contributed by atoms with van der Waals surface area (Å²) in [7, 11) is 0. The number of hydrogen-bond acceptors (Lipinski definition) is 3. The standard InChI is InChI=1S/C11H15N3O/c1-7-9(12)2-3-10(14-7)8-4-5-13-11(15)6-8/h2-3,8H,4-6,12H2,1H3,(H,13,15)/t8-/m0/s1. The number of rotatable bonds is 1. The minimum Gasteiger partial charge on any atom is -0.397 e. The molecule has 1 amide bonds. The van der Waals surface area contributed by atoms with Gasteiger partial charge in [-0.2, -0.15) is 0 Å². The van der Waals surface area contributed by atoms with E-state index in [2.05, 4.69) is 10.3 Å². The lowest BCUT2D eigenvalue weighted by atomic mass is 9.93. The highest BCUT2D eigenvalue weighted by atomic mass is 16.1. The number of amides is 1. The Bertz CT molecular complexity index is 389. The van der Waals surface area contributed by atoms with Gasteiger partial charge in [-0.15, -0.1) is 0 Å². The maximum absolute atomic E-state index is 11.2. The van der Waals surface area contributed by atoms with Gasteiger partial charge in [-0.05, 0) is 25.5 Å². The monoisotopic (exact) mass is 205 g/mol. The molecule has 1 saturated heterocycles. The van der Waals surface area contributed by atoms with Gasteiger partial charge in [0.15, 0.2) is 0 Å². The Kier molecular flexibility index (Phi) is 2.58. The fourth-order valence-electron chi connectivity index (χ4n) is 1.85. The van der Waals surface area contributed by atoms with Crippen molar-refractivity contribution in [2.45, 2.75) is 25.7 Å². The summed E-state index contributed by atoms with van der Waals surface area (Å²) in [6, 6.07) is 3.79. The van der Waals surface area contributed by atoms with Gasteiger partial charge in [-0.3, -0.25) is 9.78 Å². The number of aryl methyl sites for hydroxylation is 1. The lowest BCUT2D eigenvalue weighted by molar-refractivity contribution is -0.122. The van der Waals surface area contributed by atoms with Crippen LogP contribution in [0.1, 0.15) is 30.1 Å². The molecule has 0 spiro atoms. The zero-order chi connectivity index (χ0) is 10.8. The zero-order valence-electron chi connectivity index (χ0n) is 8.79. The second-order valence-electron chi connectivity index (χ2n) is 3.95. The van der Waals surface area contributed by atoms with Gasteiger partial charge >= 0.3 is 0 Å². The fourth-order valence-corrected chi connectivity index (χ4v) is 1.85. The van der Waals surface area contributed by atoms with E-state index in [-0.39, 0.29) is 11.8 Å². The molecule has 0 bridgehead atoms. The van der Waals surface area contributed by atoms with Crippen molar-refractivity contribution < 1.29 is 4.79 Å². The van der Waals surface area contributed by atoms with Crippen molar-refractivity contribution in [3.8, 4) is 0 Å². The second-order valence-corrected chi connectivity index (χ2v) is 3.95. The predicted octanol–water partition coefficient (Wildman–Crippen LogP) is 0.966. The number of aromatic nitrogens is 1. The highest BCUT2D eigenvalue weighted by molar-refractivity contribution is 5.77. The van der Waals surface area contributed by atoms with Gasteiger partial charge in [0.2, 0.25) is 5.91 Å². The van der Waals surface area contributed by atoms with E-state index in [1.54, 1.807) is 0 Å². The quantitative estimate of drug-likeness (QED) is 0.717. The molecule has 1 fully saturated rings. The largest absolute Gasteiger partial charge is 0.397 e. The van der Waals surface area contributed by atoms with Gasteiger partial charge in [-0.1, -0.05) is 0 Å². The third kappa shape index (κ3) is 2.09. The average Bonchev–Trinajstić information content (AvgIpc) is 2.22. The van der Waals surface area contributed by atoms with Crippen LogP contribution in [0.4, 0.5) is 5.69 Å². The first-order chi connectivity index (χ1) is 7.16. The first kappa shape index (κ1) is 9.96. The molecule has 1 atom stereocenters. The maximum Gasteiger partial charge on any atom is 0.220 e. The van der Waals surface area contributed by atoms with Gasteiger partial charge in [0.25, 0.3) is 0 Å². The lowest BCUT2D eigenvalue weighted by Gasteiger charge is -2.21. The lowest BCUT2D eigenvalue weighted by Crippen LogP contribution is -2.32. The summed E-state index contributed by atoms with van der Waals surface area (Å²) in [4.78, 5) is 15.7. The Morgan fingerprint density at radius 2 is 2.33 bits per heavy atom. The number of nitrogens with zero attached hydrogens (tertiary/aromatic N) is 1. The normalized spacial score (nSPS) is 21.1. The van der Waals surface area contributed by atoms with Gasteiger partial charge in [-0.25, -0.2) is 0 Å². The molecule has 4 heteroatoms. The molecule has 80 valence electrons. The Labute approximate surface area is 88.9 Å². The van der Waals surface area contributed by atoms with E-state index < -0.39 is 0 Å². The van der Waals surface area contributed by atoms with Crippen LogP contribution in [0.25, 0.3) is 0 Å². The first-order valence-electron chi connectivity index (χ1n) is 5.16. The number of nitrogens with two attached hydrogens (primary N) is 1. The number of carbonyl (C=O) groups excluding carboxylic acids is 1. The van der Waals surface area contributed by atoms with E-state index in [1.807, 2.05) is 19.1 Å². The topological polar surface area (TPSA) is 68.0 Å². The molecule has 1 aromatic heterocycles. The summed E-state index contributed by atoms with van der Waals surface area (Å²) >= 11 is 0. The Balaban J connectivity index is 2.21. The summed E-state index contributed by atoms with van der Waals surface area (Å²) in [5.41, 5.74) is 8.24. The molecule has 1 aliphatic rings. The van der Waals surface area contributed by atoms with E-state index in [0.717, 1.165) is 24.4 Å². The molecule has 0 saturated carbocycles. The van der Waals surface area contributed by atoms with Crippen LogP contribution in [0.5, 0.6) is 0 Å². The van der Waals surface area contributed by atoms with Crippen LogP contribution in [0.15, 0.2) is 12.1 Å². The van der Waals surface area contributed by atoms with Crippen molar-refractivity contribution in [2.75, 3.05) is 12.3 Å². The molecule has 1 aromatic rings. The smallest absolute Gasteiger partial charge is 0.220 e. The maximum atomic E-state index is 11.2. The molecule has 4 nitrogen and oxygen atoms in total. The van der Waals surface area contributed by atoms with Crippen LogP contribution in [0, 0.1) is 6.92 Å². The predicted molar refractivity (Wildman–Crippen MR) is 58.4 cm³/mol. The highest BCUT2D eigenvalue weighted by Gasteiger charge is 2.21. The summed E-state index contributed by atoms with van der Waals surface area (Å²) in [6.45, 7) is 2.64. The third-order valence-electron chi connectivity index (χ3n) is 2.81. The van der Waals surface area contributed by atoms with Crippen LogP contribution in [0.2, 0.25) is 0 Å². The number of carbonyl (C=O) groups is 1. The van der Waals surface area contributed by atoms with Gasteiger partial charge in [0.05, 0.1) is 11.4 Å². The number of hydrogen-bond donors (Lipinski definition) is 2. The van der Waals surface area contributed by atoms with E-state index in [1.165, 1.54) is 0 Å². The molecule has 0 radical (unpaired) electrons. The molecule has 0 unspecified atom stereocenters. The molecular formula is C11H15N3O. The Morgan fingerprint density at radius 3 is 3.00 bits per heavy atom. The summed E-state index contributed by atoms with van der Waals surface area (Å²) in [5, 5.41) is 2.82. The fraction of sp³-hybridized carbons (Fsp3) is 0.455. The van der Waals surface area contributed by atoms with Crippen LogP contribution in [-0.2, 0) is 4.79 Å². The number of piperidine rings is 1. The van der Waals surface area contributed by atoms with E-state index in [9.17, 15) is 4.79 Å². The summed E-state index contributed by atoms with van der Waals surface area (Å²) in [6.07, 6.45) is 1.50. The van der Waals surface area contributed by atoms with Crippen molar-refractivity contribution in [2.24, 2.45) is 0 Å². The third-order valence-corrected chi connectivity index (χ3v) is 2.81. The van der Waals surface area contributed by atoms with Crippen molar-refractivity contribution in [3.63, 3.8) is 0 Å². The first-order valence-corrected chi connectivity index (χ1v) is 5.16. The molecule has 2 rings (SSSR count). The van der Waals surface area contributed by atoms with Crippen molar-refractivity contribution in [3.05, 3.63) is 23.5 Å². The van der Waals surface area contributed by atoms with Crippen LogP contribution < -0.4 is 11.1 Å². The number of pyridine rings is 1. The van der Waals surface area contributed by atoms with E-state index >= 15 is 0 Å². The Morgan fingerprint density at radius 1 is 1.53 bits per heavy atom. The number of nitrogen functional groups attached to an aromatic ring is 1. The molecule has 3 N–H and O–H groups in total. The Hall–Kier alpha value is -1.58. The van der Waals surface area contributed by atoms with E-state index in [4.69, 9.17) is 5.73 Å². The molecule has 15 heavy (non-hydrogen) atoms. The minimum absolute atomic E-state index is 0.113. The van der Waals surface area contributed by atoms with Crippen molar-refractivity contribution in [1.29, 1.82) is 0 Å². The van der Waals surface area contributed by atoms with Gasteiger partial charge < -0.3 is 11.1 Å². The number of nitrogens with one attached hydrogen (secondary N) is 1. The summed E-state index contributed by atoms with van der Waals surface area (Å²) in [5.74, 6) is 0.362. The van der Waals surface area contributed by atoms with Crippen LogP contribution in [-0.4, -0.2) is 17.4 Å². The van der Waals surface area contributed by atoms with Gasteiger partial charge in [0, 0.05) is 24.6 Å². The van der Waals surface area contributed by atoms with Crippen LogP contribution >= 0.6 is 0 Å².